The van der Waals surface area contributed by atoms with Crippen LogP contribution in [0.5, 0.6) is 0 Å². The summed E-state index contributed by atoms with van der Waals surface area (Å²) < 4.78 is 6.20. The lowest BCUT2D eigenvalue weighted by Gasteiger charge is -2.27. The van der Waals surface area contributed by atoms with Crippen molar-refractivity contribution in [1.82, 2.24) is 4.90 Å². The molecule has 8 heteroatoms. The quantitative estimate of drug-likeness (QED) is 0.741. The number of hydrogen-bond acceptors (Lipinski definition) is 4. The lowest BCUT2D eigenvalue weighted by Crippen LogP contribution is -2.46. The molecule has 0 bridgehead atoms. The van der Waals surface area contributed by atoms with Crippen molar-refractivity contribution in [2.75, 3.05) is 11.9 Å². The van der Waals surface area contributed by atoms with E-state index in [0.29, 0.717) is 5.69 Å². The molecule has 3 N–H and O–H groups in total. The van der Waals surface area contributed by atoms with Crippen molar-refractivity contribution in [3.63, 3.8) is 0 Å². The Hall–Kier alpha value is -2.09. The van der Waals surface area contributed by atoms with E-state index in [0.717, 1.165) is 10.0 Å². The molecule has 25 heavy (non-hydrogen) atoms. The minimum atomic E-state index is -1.00. The molecule has 3 amide bonds. The highest BCUT2D eigenvalue weighted by Gasteiger charge is 2.57. The molecule has 134 valence electrons. The van der Waals surface area contributed by atoms with E-state index >= 15 is 0 Å². The fraction of sp³-hybridized carbons (Fsp3) is 0.471. The van der Waals surface area contributed by atoms with Gasteiger partial charge in [-0.1, -0.05) is 15.9 Å². The number of halogens is 1. The predicted molar refractivity (Wildman–Crippen MR) is 95.0 cm³/mol. The molecular formula is C17H20BrN3O4. The summed E-state index contributed by atoms with van der Waals surface area (Å²) in [7, 11) is 0. The number of nitrogens with zero attached hydrogens (tertiary/aromatic N) is 1. The summed E-state index contributed by atoms with van der Waals surface area (Å²) in [5, 5.41) is 2.83. The number of amides is 3. The standard InChI is InChI=1S/C17H20BrN3O4/c1-16(2,3)25-15(24)21-8-17(7-12(21)13(19)22)10-6-9(18)4-5-11(10)20-14(17)23/h4-6,12H,7-8H2,1-3H3,(H2,19,22)(H,20,23). The van der Waals surface area contributed by atoms with Gasteiger partial charge < -0.3 is 15.8 Å². The third kappa shape index (κ3) is 2.99. The van der Waals surface area contributed by atoms with Gasteiger partial charge in [0.05, 0.1) is 5.41 Å². The van der Waals surface area contributed by atoms with Gasteiger partial charge in [0.2, 0.25) is 11.8 Å². The Morgan fingerprint density at radius 3 is 2.68 bits per heavy atom. The summed E-state index contributed by atoms with van der Waals surface area (Å²) >= 11 is 3.41. The van der Waals surface area contributed by atoms with Crippen LogP contribution in [-0.4, -0.2) is 41.0 Å². The van der Waals surface area contributed by atoms with E-state index < -0.39 is 29.1 Å². The molecule has 7 nitrogen and oxygen atoms in total. The molecule has 0 aromatic heterocycles. The Morgan fingerprint density at radius 1 is 1.40 bits per heavy atom. The van der Waals surface area contributed by atoms with Gasteiger partial charge in [-0.05, 0) is 51.0 Å². The number of fused-ring (bicyclic) bond motifs is 2. The number of benzene rings is 1. The fourth-order valence-electron chi connectivity index (χ4n) is 3.42. The summed E-state index contributed by atoms with van der Waals surface area (Å²) in [5.41, 5.74) is 5.22. The third-order valence-corrected chi connectivity index (χ3v) is 4.99. The van der Waals surface area contributed by atoms with Crippen LogP contribution in [0.15, 0.2) is 22.7 Å². The van der Waals surface area contributed by atoms with E-state index in [4.69, 9.17) is 10.5 Å². The summed E-state index contributed by atoms with van der Waals surface area (Å²) in [6, 6.07) is 4.56. The molecule has 1 spiro atoms. The number of nitrogens with two attached hydrogens (primary N) is 1. The number of primary amides is 1. The number of ether oxygens (including phenoxy) is 1. The van der Waals surface area contributed by atoms with Crippen molar-refractivity contribution in [3.05, 3.63) is 28.2 Å². The second-order valence-corrected chi connectivity index (χ2v) is 8.37. The number of rotatable bonds is 1. The first-order valence-electron chi connectivity index (χ1n) is 7.94. The minimum absolute atomic E-state index is 0.0464. The second-order valence-electron chi connectivity index (χ2n) is 7.46. The fourth-order valence-corrected chi connectivity index (χ4v) is 3.78. The highest BCUT2D eigenvalue weighted by Crippen LogP contribution is 2.47. The SMILES string of the molecule is CC(C)(C)OC(=O)N1CC2(CC1C(N)=O)C(=O)Nc1ccc(Br)cc12. The topological polar surface area (TPSA) is 102 Å². The van der Waals surface area contributed by atoms with Crippen molar-refractivity contribution in [1.29, 1.82) is 0 Å². The molecule has 1 aromatic carbocycles. The van der Waals surface area contributed by atoms with Crippen molar-refractivity contribution < 1.29 is 19.1 Å². The molecule has 2 aliphatic rings. The zero-order valence-corrected chi connectivity index (χ0v) is 15.8. The Bertz CT molecular complexity index is 774. The first kappa shape index (κ1) is 17.7. The van der Waals surface area contributed by atoms with E-state index in [1.165, 1.54) is 4.90 Å². The van der Waals surface area contributed by atoms with Crippen molar-refractivity contribution in [3.8, 4) is 0 Å². The van der Waals surface area contributed by atoms with Crippen LogP contribution < -0.4 is 11.1 Å². The van der Waals surface area contributed by atoms with E-state index in [9.17, 15) is 14.4 Å². The zero-order chi connectivity index (χ0) is 18.6. The van der Waals surface area contributed by atoms with Crippen LogP contribution in [-0.2, 0) is 19.7 Å². The van der Waals surface area contributed by atoms with Crippen molar-refractivity contribution in [2.45, 2.75) is 44.2 Å². The van der Waals surface area contributed by atoms with Gasteiger partial charge in [-0.25, -0.2) is 4.79 Å². The number of nitrogens with one attached hydrogen (secondary N) is 1. The van der Waals surface area contributed by atoms with Crippen LogP contribution in [0.2, 0.25) is 0 Å². The molecule has 0 aliphatic carbocycles. The lowest BCUT2D eigenvalue weighted by molar-refractivity contribution is -0.122. The van der Waals surface area contributed by atoms with Gasteiger partial charge >= 0.3 is 6.09 Å². The number of carbonyl (C=O) groups is 3. The predicted octanol–water partition coefficient (Wildman–Crippen LogP) is 2.13. The Labute approximate surface area is 154 Å². The van der Waals surface area contributed by atoms with E-state index in [1.54, 1.807) is 26.8 Å². The van der Waals surface area contributed by atoms with Gasteiger partial charge in [0.1, 0.15) is 11.6 Å². The molecule has 2 atom stereocenters. The normalized spacial score (nSPS) is 25.0. The number of hydrogen-bond donors (Lipinski definition) is 2. The largest absolute Gasteiger partial charge is 0.444 e. The summed E-state index contributed by atoms with van der Waals surface area (Å²) in [4.78, 5) is 38.5. The van der Waals surface area contributed by atoms with E-state index in [1.807, 2.05) is 12.1 Å². The second kappa shape index (κ2) is 5.72. The highest BCUT2D eigenvalue weighted by atomic mass is 79.9. The van der Waals surface area contributed by atoms with Gasteiger partial charge in [-0.2, -0.15) is 0 Å². The van der Waals surface area contributed by atoms with Crippen LogP contribution in [0.25, 0.3) is 0 Å². The van der Waals surface area contributed by atoms with E-state index in [2.05, 4.69) is 21.2 Å². The molecule has 2 aliphatic heterocycles. The van der Waals surface area contributed by atoms with Gasteiger partial charge in [-0.15, -0.1) is 0 Å². The Morgan fingerprint density at radius 2 is 2.08 bits per heavy atom. The molecule has 2 unspecified atom stereocenters. The van der Waals surface area contributed by atoms with E-state index in [-0.39, 0.29) is 18.9 Å². The number of likely N-dealkylation sites (tertiary alicyclic amines) is 1. The molecule has 2 heterocycles. The zero-order valence-electron chi connectivity index (χ0n) is 14.3. The molecule has 1 aromatic rings. The molecular weight excluding hydrogens is 390 g/mol. The van der Waals surface area contributed by atoms with Crippen LogP contribution in [0.1, 0.15) is 32.8 Å². The number of carbonyl (C=O) groups excluding carboxylic acids is 3. The lowest BCUT2D eigenvalue weighted by atomic mass is 9.79. The average molecular weight is 410 g/mol. The van der Waals surface area contributed by atoms with Gasteiger partial charge in [-0.3, -0.25) is 14.5 Å². The minimum Gasteiger partial charge on any atom is -0.444 e. The Kier molecular flexibility index (Phi) is 4.06. The molecule has 1 fully saturated rings. The monoisotopic (exact) mass is 409 g/mol. The average Bonchev–Trinajstić information content (AvgIpc) is 3.00. The van der Waals surface area contributed by atoms with Gasteiger partial charge in [0.25, 0.3) is 0 Å². The highest BCUT2D eigenvalue weighted by molar-refractivity contribution is 9.10. The summed E-state index contributed by atoms with van der Waals surface area (Å²) in [6.45, 7) is 5.27. The molecule has 1 saturated heterocycles. The summed E-state index contributed by atoms with van der Waals surface area (Å²) in [5.74, 6) is -0.892. The van der Waals surface area contributed by atoms with Crippen LogP contribution >= 0.6 is 15.9 Å². The first-order valence-corrected chi connectivity index (χ1v) is 8.73. The van der Waals surface area contributed by atoms with Crippen molar-refractivity contribution >= 4 is 39.5 Å². The maximum absolute atomic E-state index is 12.7. The maximum atomic E-state index is 12.7. The molecule has 0 radical (unpaired) electrons. The van der Waals surface area contributed by atoms with Gasteiger partial charge in [0.15, 0.2) is 0 Å². The van der Waals surface area contributed by atoms with Crippen LogP contribution in [0, 0.1) is 0 Å². The third-order valence-electron chi connectivity index (χ3n) is 4.49. The first-order chi connectivity index (χ1) is 11.5. The molecule has 3 rings (SSSR count). The number of anilines is 1. The smallest absolute Gasteiger partial charge is 0.411 e. The van der Waals surface area contributed by atoms with Crippen LogP contribution in [0.4, 0.5) is 10.5 Å². The maximum Gasteiger partial charge on any atom is 0.411 e. The van der Waals surface area contributed by atoms with Gasteiger partial charge in [0, 0.05) is 16.7 Å². The molecule has 0 saturated carbocycles. The van der Waals surface area contributed by atoms with Crippen molar-refractivity contribution in [2.24, 2.45) is 5.73 Å². The van der Waals surface area contributed by atoms with Crippen LogP contribution in [0.3, 0.4) is 0 Å². The summed E-state index contributed by atoms with van der Waals surface area (Å²) in [6.07, 6.45) is -0.513. The Balaban J connectivity index is 2.01.